The quantitative estimate of drug-likeness (QED) is 0.679. The fourth-order valence-corrected chi connectivity index (χ4v) is 2.17. The van der Waals surface area contributed by atoms with Gasteiger partial charge in [0, 0.05) is 23.5 Å². The molecule has 7 nitrogen and oxygen atoms in total. The number of oxazole rings is 1. The van der Waals surface area contributed by atoms with E-state index in [9.17, 15) is 15.0 Å². The maximum atomic E-state index is 12.1. The average Bonchev–Trinajstić information content (AvgIpc) is 3.07. The molecule has 0 saturated carbocycles. The number of benzene rings is 1. The summed E-state index contributed by atoms with van der Waals surface area (Å²) in [6, 6.07) is 6.32. The van der Waals surface area contributed by atoms with Crippen molar-refractivity contribution in [2.24, 2.45) is 0 Å². The van der Waals surface area contributed by atoms with Crippen molar-refractivity contribution in [2.75, 3.05) is 0 Å². The van der Waals surface area contributed by atoms with Gasteiger partial charge in [0.25, 0.3) is 5.91 Å². The molecule has 2 heterocycles. The van der Waals surface area contributed by atoms with E-state index in [1.54, 1.807) is 24.5 Å². The van der Waals surface area contributed by atoms with Crippen molar-refractivity contribution >= 4 is 5.91 Å². The topological polar surface area (TPSA) is 108 Å². The lowest BCUT2D eigenvalue weighted by Gasteiger charge is -2.08. The molecule has 0 unspecified atom stereocenters. The summed E-state index contributed by atoms with van der Waals surface area (Å²) in [6.45, 7) is 1.60. The molecule has 1 aromatic carbocycles. The van der Waals surface area contributed by atoms with Gasteiger partial charge in [-0.3, -0.25) is 9.78 Å². The molecule has 0 radical (unpaired) electrons. The maximum absolute atomic E-state index is 12.1. The van der Waals surface area contributed by atoms with Gasteiger partial charge in [0.05, 0.1) is 12.1 Å². The van der Waals surface area contributed by atoms with E-state index < -0.39 is 5.91 Å². The van der Waals surface area contributed by atoms with E-state index in [1.807, 2.05) is 0 Å². The van der Waals surface area contributed by atoms with Crippen LogP contribution in [0.15, 0.2) is 47.3 Å². The highest BCUT2D eigenvalue weighted by atomic mass is 16.3. The number of phenols is 2. The molecular weight excluding hydrogens is 310 g/mol. The molecular formula is C17H15N3O4. The molecule has 0 bridgehead atoms. The van der Waals surface area contributed by atoms with Crippen molar-refractivity contribution in [3.05, 3.63) is 59.9 Å². The molecule has 122 valence electrons. The van der Waals surface area contributed by atoms with E-state index in [1.165, 1.54) is 25.3 Å². The fourth-order valence-electron chi connectivity index (χ4n) is 2.17. The van der Waals surface area contributed by atoms with Gasteiger partial charge in [-0.1, -0.05) is 0 Å². The Labute approximate surface area is 137 Å². The molecule has 0 spiro atoms. The van der Waals surface area contributed by atoms with Crippen LogP contribution in [0.2, 0.25) is 0 Å². The largest absolute Gasteiger partial charge is 0.508 e. The Kier molecular flexibility index (Phi) is 4.15. The first-order valence-electron chi connectivity index (χ1n) is 7.21. The lowest BCUT2D eigenvalue weighted by molar-refractivity contribution is 0.0944. The van der Waals surface area contributed by atoms with E-state index in [0.717, 1.165) is 5.56 Å². The highest BCUT2D eigenvalue weighted by Gasteiger charge is 2.16. The summed E-state index contributed by atoms with van der Waals surface area (Å²) in [5.41, 5.74) is 1.83. The molecule has 3 N–H and O–H groups in total. The predicted octanol–water partition coefficient (Wildman–Crippen LogP) is 2.39. The number of carbonyl (C=O) groups excluding carboxylic acids is 1. The van der Waals surface area contributed by atoms with E-state index in [0.29, 0.717) is 11.6 Å². The summed E-state index contributed by atoms with van der Waals surface area (Å²) in [5, 5.41) is 22.1. The molecule has 3 aromatic rings. The van der Waals surface area contributed by atoms with Crippen LogP contribution >= 0.6 is 0 Å². The molecule has 0 aliphatic rings. The molecule has 3 rings (SSSR count). The monoisotopic (exact) mass is 325 g/mol. The van der Waals surface area contributed by atoms with Crippen LogP contribution in [0.25, 0.3) is 11.3 Å². The molecule has 0 saturated heterocycles. The zero-order chi connectivity index (χ0) is 17.1. The number of hydrogen-bond acceptors (Lipinski definition) is 6. The second-order valence-corrected chi connectivity index (χ2v) is 5.15. The maximum Gasteiger partial charge on any atom is 0.255 e. The molecule has 24 heavy (non-hydrogen) atoms. The van der Waals surface area contributed by atoms with Gasteiger partial charge in [0.2, 0.25) is 5.89 Å². The minimum absolute atomic E-state index is 0.0706. The first-order chi connectivity index (χ1) is 11.6. The normalized spacial score (nSPS) is 10.5. The smallest absolute Gasteiger partial charge is 0.255 e. The minimum atomic E-state index is -0.487. The van der Waals surface area contributed by atoms with Crippen molar-refractivity contribution in [1.82, 2.24) is 15.3 Å². The number of nitrogens with one attached hydrogen (secondary N) is 1. The summed E-state index contributed by atoms with van der Waals surface area (Å²) >= 11 is 0. The molecule has 2 aromatic heterocycles. The van der Waals surface area contributed by atoms with Gasteiger partial charge in [0.15, 0.2) is 0 Å². The first-order valence-corrected chi connectivity index (χ1v) is 7.21. The van der Waals surface area contributed by atoms with Crippen molar-refractivity contribution in [3.8, 4) is 22.8 Å². The summed E-state index contributed by atoms with van der Waals surface area (Å²) in [6.07, 6.45) is 4.81. The molecule has 0 aliphatic carbocycles. The van der Waals surface area contributed by atoms with Gasteiger partial charge in [-0.2, -0.15) is 0 Å². The Bertz CT molecular complexity index is 875. The lowest BCUT2D eigenvalue weighted by atomic mass is 10.1. The van der Waals surface area contributed by atoms with Crippen molar-refractivity contribution in [3.63, 3.8) is 0 Å². The Morgan fingerprint density at radius 1 is 1.21 bits per heavy atom. The van der Waals surface area contributed by atoms with Gasteiger partial charge < -0.3 is 19.9 Å². The Morgan fingerprint density at radius 3 is 2.71 bits per heavy atom. The van der Waals surface area contributed by atoms with Gasteiger partial charge in [-0.15, -0.1) is 0 Å². The molecule has 0 aliphatic heterocycles. The van der Waals surface area contributed by atoms with Crippen LogP contribution in [0, 0.1) is 6.92 Å². The third-order valence-corrected chi connectivity index (χ3v) is 3.58. The molecule has 1 amide bonds. The van der Waals surface area contributed by atoms with Crippen molar-refractivity contribution in [2.45, 2.75) is 13.5 Å². The van der Waals surface area contributed by atoms with Gasteiger partial charge in [0.1, 0.15) is 23.5 Å². The van der Waals surface area contributed by atoms with Crippen molar-refractivity contribution < 1.29 is 19.4 Å². The second kappa shape index (κ2) is 6.41. The van der Waals surface area contributed by atoms with Crippen LogP contribution in [0.1, 0.15) is 21.8 Å². The number of phenolic OH excluding ortho intramolecular Hbond substituents is 2. The summed E-state index contributed by atoms with van der Waals surface area (Å²) in [4.78, 5) is 20.4. The lowest BCUT2D eigenvalue weighted by Crippen LogP contribution is -2.23. The Balaban J connectivity index is 1.69. The van der Waals surface area contributed by atoms with Crippen LogP contribution in [0.4, 0.5) is 0 Å². The van der Waals surface area contributed by atoms with Crippen molar-refractivity contribution in [1.29, 1.82) is 0 Å². The molecule has 0 atom stereocenters. The minimum Gasteiger partial charge on any atom is -0.508 e. The zero-order valence-electron chi connectivity index (χ0n) is 12.9. The fraction of sp³-hybridized carbons (Fsp3) is 0.118. The van der Waals surface area contributed by atoms with Gasteiger partial charge in [-0.25, -0.2) is 4.98 Å². The zero-order valence-corrected chi connectivity index (χ0v) is 12.9. The van der Waals surface area contributed by atoms with Crippen LogP contribution in [-0.4, -0.2) is 26.1 Å². The predicted molar refractivity (Wildman–Crippen MR) is 85.4 cm³/mol. The summed E-state index contributed by atoms with van der Waals surface area (Å²) in [7, 11) is 0. The second-order valence-electron chi connectivity index (χ2n) is 5.15. The SMILES string of the molecule is Cc1c(O)ccc(C(=O)NCc2nc(-c3ccncc3)co2)c1O. The van der Waals surface area contributed by atoms with Crippen LogP contribution in [0.5, 0.6) is 11.5 Å². The van der Waals surface area contributed by atoms with E-state index in [4.69, 9.17) is 4.42 Å². The number of carbonyl (C=O) groups is 1. The van der Waals surface area contributed by atoms with Crippen LogP contribution < -0.4 is 5.32 Å². The highest BCUT2D eigenvalue weighted by Crippen LogP contribution is 2.29. The van der Waals surface area contributed by atoms with Gasteiger partial charge in [-0.05, 0) is 31.2 Å². The summed E-state index contributed by atoms with van der Waals surface area (Å²) < 4.78 is 5.33. The number of aromatic nitrogens is 2. The number of pyridine rings is 1. The summed E-state index contributed by atoms with van der Waals surface area (Å²) in [5.74, 6) is -0.472. The average molecular weight is 325 g/mol. The Hall–Kier alpha value is -3.35. The third-order valence-electron chi connectivity index (χ3n) is 3.58. The van der Waals surface area contributed by atoms with Crippen LogP contribution in [-0.2, 0) is 6.54 Å². The van der Waals surface area contributed by atoms with E-state index >= 15 is 0 Å². The molecule has 0 fully saturated rings. The van der Waals surface area contributed by atoms with E-state index in [2.05, 4.69) is 15.3 Å². The molecule has 7 heteroatoms. The number of rotatable bonds is 4. The number of amides is 1. The van der Waals surface area contributed by atoms with Crippen LogP contribution in [0.3, 0.4) is 0 Å². The third kappa shape index (κ3) is 3.05. The number of hydrogen-bond donors (Lipinski definition) is 3. The van der Waals surface area contributed by atoms with E-state index in [-0.39, 0.29) is 29.2 Å². The number of nitrogens with zero attached hydrogens (tertiary/aromatic N) is 2. The Morgan fingerprint density at radius 2 is 1.96 bits per heavy atom. The first kappa shape index (κ1) is 15.5. The van der Waals surface area contributed by atoms with Gasteiger partial charge >= 0.3 is 0 Å². The number of aromatic hydroxyl groups is 2. The standard InChI is InChI=1S/C17H15N3O4/c1-10-14(21)3-2-12(16(10)22)17(23)19-8-15-20-13(9-24-15)11-4-6-18-7-5-11/h2-7,9,21-22H,8H2,1H3,(H,19,23). The highest BCUT2D eigenvalue weighted by molar-refractivity contribution is 5.97.